The van der Waals surface area contributed by atoms with Crippen LogP contribution in [0.2, 0.25) is 0 Å². The lowest BCUT2D eigenvalue weighted by atomic mass is 9.97. The molecule has 0 saturated heterocycles. The highest BCUT2D eigenvalue weighted by atomic mass is 16.2. The van der Waals surface area contributed by atoms with E-state index in [1.807, 2.05) is 24.7 Å². The highest BCUT2D eigenvalue weighted by Crippen LogP contribution is 2.10. The van der Waals surface area contributed by atoms with Crippen LogP contribution in [0, 0.1) is 12.3 Å². The lowest BCUT2D eigenvalue weighted by molar-refractivity contribution is 0.202. The molecule has 1 rings (SSSR count). The van der Waals surface area contributed by atoms with E-state index >= 15 is 0 Å². The first-order chi connectivity index (χ1) is 8.29. The van der Waals surface area contributed by atoms with Crippen molar-refractivity contribution >= 4 is 6.03 Å². The Kier molecular flexibility index (Phi) is 4.76. The van der Waals surface area contributed by atoms with Gasteiger partial charge in [-0.1, -0.05) is 20.8 Å². The van der Waals surface area contributed by atoms with E-state index in [9.17, 15) is 4.79 Å². The fourth-order valence-corrected chi connectivity index (χ4v) is 1.48. The second-order valence-electron chi connectivity index (χ2n) is 5.81. The van der Waals surface area contributed by atoms with Crippen molar-refractivity contribution in [3.8, 4) is 0 Å². The van der Waals surface area contributed by atoms with E-state index < -0.39 is 0 Å². The van der Waals surface area contributed by atoms with Crippen molar-refractivity contribution in [3.05, 3.63) is 18.2 Å². The number of urea groups is 1. The van der Waals surface area contributed by atoms with Gasteiger partial charge in [0.05, 0.1) is 0 Å². The number of nitrogens with zero attached hydrogens (tertiary/aromatic N) is 3. The molecule has 1 heterocycles. The van der Waals surface area contributed by atoms with Gasteiger partial charge in [-0.15, -0.1) is 0 Å². The first-order valence-electron chi connectivity index (χ1n) is 6.26. The van der Waals surface area contributed by atoms with Crippen LogP contribution in [0.3, 0.4) is 0 Å². The third-order valence-electron chi connectivity index (χ3n) is 2.72. The van der Waals surface area contributed by atoms with Gasteiger partial charge in [-0.05, 0) is 12.3 Å². The Labute approximate surface area is 109 Å². The Balaban J connectivity index is 2.34. The van der Waals surface area contributed by atoms with Crippen LogP contribution in [0.4, 0.5) is 4.79 Å². The third kappa shape index (κ3) is 4.77. The lowest BCUT2D eigenvalue weighted by Crippen LogP contribution is -2.42. The maximum Gasteiger partial charge on any atom is 0.317 e. The molecule has 0 aliphatic carbocycles. The van der Waals surface area contributed by atoms with Gasteiger partial charge in [-0.2, -0.15) is 0 Å². The Morgan fingerprint density at radius 2 is 2.17 bits per heavy atom. The molecule has 0 bridgehead atoms. The summed E-state index contributed by atoms with van der Waals surface area (Å²) in [6, 6.07) is -0.0253. The molecule has 0 fully saturated rings. The normalized spacial score (nSPS) is 11.4. The minimum Gasteiger partial charge on any atom is -0.337 e. The zero-order chi connectivity index (χ0) is 13.8. The summed E-state index contributed by atoms with van der Waals surface area (Å²) in [6.45, 7) is 10.4. The van der Waals surface area contributed by atoms with Crippen molar-refractivity contribution in [1.82, 2.24) is 19.8 Å². The maximum atomic E-state index is 11.8. The van der Waals surface area contributed by atoms with Crippen LogP contribution in [0.25, 0.3) is 0 Å². The van der Waals surface area contributed by atoms with Gasteiger partial charge in [-0.3, -0.25) is 0 Å². The van der Waals surface area contributed by atoms with Gasteiger partial charge in [-0.25, -0.2) is 9.78 Å². The monoisotopic (exact) mass is 252 g/mol. The molecule has 0 atom stereocenters. The van der Waals surface area contributed by atoms with Gasteiger partial charge >= 0.3 is 6.03 Å². The minimum atomic E-state index is -0.0253. The number of hydrogen-bond acceptors (Lipinski definition) is 2. The average molecular weight is 252 g/mol. The highest BCUT2D eigenvalue weighted by Gasteiger charge is 2.14. The molecular weight excluding hydrogens is 228 g/mol. The summed E-state index contributed by atoms with van der Waals surface area (Å²) in [6.07, 6.45) is 3.70. The van der Waals surface area contributed by atoms with Crippen LogP contribution in [0.5, 0.6) is 0 Å². The molecule has 1 aromatic rings. The number of rotatable bonds is 4. The smallest absolute Gasteiger partial charge is 0.317 e. The number of hydrogen-bond donors (Lipinski definition) is 1. The second kappa shape index (κ2) is 5.89. The Morgan fingerprint density at radius 3 is 2.67 bits per heavy atom. The van der Waals surface area contributed by atoms with Crippen LogP contribution in [0.15, 0.2) is 12.4 Å². The molecule has 2 amide bonds. The number of imidazole rings is 1. The van der Waals surface area contributed by atoms with Gasteiger partial charge in [0.25, 0.3) is 0 Å². The Hall–Kier alpha value is -1.52. The van der Waals surface area contributed by atoms with E-state index in [0.29, 0.717) is 13.1 Å². The van der Waals surface area contributed by atoms with Crippen molar-refractivity contribution in [2.45, 2.75) is 34.2 Å². The molecule has 1 aromatic heterocycles. The van der Waals surface area contributed by atoms with Crippen LogP contribution in [-0.4, -0.2) is 40.6 Å². The van der Waals surface area contributed by atoms with Crippen LogP contribution < -0.4 is 5.32 Å². The van der Waals surface area contributed by atoms with E-state index in [2.05, 4.69) is 31.1 Å². The third-order valence-corrected chi connectivity index (χ3v) is 2.72. The molecule has 0 aliphatic heterocycles. The van der Waals surface area contributed by atoms with Gasteiger partial charge in [0.15, 0.2) is 0 Å². The van der Waals surface area contributed by atoms with Crippen LogP contribution in [0.1, 0.15) is 26.6 Å². The molecule has 0 spiro atoms. The van der Waals surface area contributed by atoms with Crippen LogP contribution >= 0.6 is 0 Å². The first-order valence-corrected chi connectivity index (χ1v) is 6.26. The summed E-state index contributed by atoms with van der Waals surface area (Å²) in [5.41, 5.74) is 0.109. The van der Waals surface area contributed by atoms with Crippen molar-refractivity contribution < 1.29 is 4.79 Å². The standard InChI is InChI=1S/C13H24N4O/c1-11-14-6-7-17(11)9-8-16(5)12(18)15-10-13(2,3)4/h6-7H,8-10H2,1-5H3,(H,15,18). The summed E-state index contributed by atoms with van der Waals surface area (Å²) >= 11 is 0. The number of aryl methyl sites for hydroxylation is 1. The first kappa shape index (κ1) is 14.5. The van der Waals surface area contributed by atoms with Gasteiger partial charge in [0.1, 0.15) is 5.82 Å². The summed E-state index contributed by atoms with van der Waals surface area (Å²) in [7, 11) is 1.81. The molecule has 0 unspecified atom stereocenters. The Morgan fingerprint density at radius 1 is 1.50 bits per heavy atom. The largest absolute Gasteiger partial charge is 0.337 e. The summed E-state index contributed by atoms with van der Waals surface area (Å²) in [5.74, 6) is 0.971. The summed E-state index contributed by atoms with van der Waals surface area (Å²) in [4.78, 5) is 17.7. The number of nitrogens with one attached hydrogen (secondary N) is 1. The predicted octanol–water partition coefficient (Wildman–Crippen LogP) is 1.88. The van der Waals surface area contributed by atoms with E-state index in [-0.39, 0.29) is 11.4 Å². The molecule has 5 nitrogen and oxygen atoms in total. The van der Waals surface area contributed by atoms with Crippen LogP contribution in [-0.2, 0) is 6.54 Å². The number of aromatic nitrogens is 2. The molecule has 1 N–H and O–H groups in total. The quantitative estimate of drug-likeness (QED) is 0.889. The molecule has 18 heavy (non-hydrogen) atoms. The van der Waals surface area contributed by atoms with Crippen molar-refractivity contribution in [1.29, 1.82) is 0 Å². The van der Waals surface area contributed by atoms with Crippen molar-refractivity contribution in [3.63, 3.8) is 0 Å². The molecule has 0 aliphatic rings. The highest BCUT2D eigenvalue weighted by molar-refractivity contribution is 5.73. The average Bonchev–Trinajstić information content (AvgIpc) is 2.67. The van der Waals surface area contributed by atoms with E-state index in [0.717, 1.165) is 12.4 Å². The topological polar surface area (TPSA) is 50.2 Å². The number of carbonyl (C=O) groups excluding carboxylic acids is 1. The molecule has 0 saturated carbocycles. The minimum absolute atomic E-state index is 0.0253. The van der Waals surface area contributed by atoms with E-state index in [1.165, 1.54) is 0 Å². The number of carbonyl (C=O) groups is 1. The van der Waals surface area contributed by atoms with E-state index in [1.54, 1.807) is 11.1 Å². The lowest BCUT2D eigenvalue weighted by Gasteiger charge is -2.23. The van der Waals surface area contributed by atoms with Gasteiger partial charge < -0.3 is 14.8 Å². The second-order valence-corrected chi connectivity index (χ2v) is 5.81. The predicted molar refractivity (Wildman–Crippen MR) is 72.4 cm³/mol. The molecule has 102 valence electrons. The fraction of sp³-hybridized carbons (Fsp3) is 0.692. The summed E-state index contributed by atoms with van der Waals surface area (Å²) < 4.78 is 2.04. The molecular formula is C13H24N4O. The number of likely N-dealkylation sites (N-methyl/N-ethyl adjacent to an activating group) is 1. The van der Waals surface area contributed by atoms with Gasteiger partial charge in [0, 0.05) is 39.1 Å². The van der Waals surface area contributed by atoms with Crippen molar-refractivity contribution in [2.75, 3.05) is 20.1 Å². The van der Waals surface area contributed by atoms with Crippen molar-refractivity contribution in [2.24, 2.45) is 5.41 Å². The number of amides is 2. The Bertz CT molecular complexity index is 392. The SMILES string of the molecule is Cc1nccn1CCN(C)C(=O)NCC(C)(C)C. The summed E-state index contributed by atoms with van der Waals surface area (Å²) in [5, 5.41) is 2.93. The van der Waals surface area contributed by atoms with Gasteiger partial charge in [0.2, 0.25) is 0 Å². The molecule has 0 radical (unpaired) electrons. The molecule has 0 aromatic carbocycles. The van der Waals surface area contributed by atoms with E-state index in [4.69, 9.17) is 0 Å². The fourth-order valence-electron chi connectivity index (χ4n) is 1.48. The maximum absolute atomic E-state index is 11.8. The zero-order valence-electron chi connectivity index (χ0n) is 12.0. The molecule has 5 heteroatoms. The zero-order valence-corrected chi connectivity index (χ0v) is 12.0.